The van der Waals surface area contributed by atoms with E-state index in [1.165, 1.54) is 32.4 Å². The van der Waals surface area contributed by atoms with Crippen LogP contribution in [0.4, 0.5) is 11.5 Å². The minimum atomic E-state index is 0.237. The molecule has 0 amide bonds. The van der Waals surface area contributed by atoms with E-state index in [0.29, 0.717) is 32.9 Å². The number of pyridine rings is 1. The third kappa shape index (κ3) is 6.94. The van der Waals surface area contributed by atoms with Gasteiger partial charge in [-0.25, -0.2) is 14.8 Å². The minimum Gasteiger partial charge on any atom is -0.379 e. The molecule has 2 fully saturated rings. The third-order valence-electron chi connectivity index (χ3n) is 7.55. The van der Waals surface area contributed by atoms with Crippen LogP contribution in [0.15, 0.2) is 34.7 Å². The molecule has 1 aromatic carbocycles. The Bertz CT molecular complexity index is 1350. The average molecular weight is 577 g/mol. The quantitative estimate of drug-likeness (QED) is 0.148. The Morgan fingerprint density at radius 1 is 1.13 bits per heavy atom. The van der Waals surface area contributed by atoms with Crippen molar-refractivity contribution in [1.82, 2.24) is 14.9 Å². The molecule has 9 heteroatoms. The van der Waals surface area contributed by atoms with E-state index in [1.54, 1.807) is 23.1 Å². The second kappa shape index (κ2) is 13.6. The lowest BCUT2D eigenvalue weighted by atomic mass is 9.82. The first-order valence-electron chi connectivity index (χ1n) is 13.8. The number of nitrogens with one attached hydrogen (secondary N) is 1. The fourth-order valence-electron chi connectivity index (χ4n) is 5.57. The molecule has 1 saturated heterocycles. The molecule has 5 rings (SSSR count). The van der Waals surface area contributed by atoms with Gasteiger partial charge in [-0.05, 0) is 75.4 Å². The van der Waals surface area contributed by atoms with Crippen LogP contribution in [0, 0.1) is 17.9 Å². The van der Waals surface area contributed by atoms with E-state index in [2.05, 4.69) is 26.5 Å². The van der Waals surface area contributed by atoms with Crippen LogP contribution in [0.3, 0.4) is 0 Å². The molecule has 2 aromatic heterocycles. The van der Waals surface area contributed by atoms with Crippen molar-refractivity contribution in [2.45, 2.75) is 68.1 Å². The van der Waals surface area contributed by atoms with Gasteiger partial charge in [-0.3, -0.25) is 0 Å². The number of rotatable bonds is 10. The summed E-state index contributed by atoms with van der Waals surface area (Å²) in [6.07, 6.45) is 9.14. The van der Waals surface area contributed by atoms with E-state index in [0.717, 1.165) is 67.0 Å². The largest absolute Gasteiger partial charge is 0.379 e. The number of thiazole rings is 1. The van der Waals surface area contributed by atoms with Crippen molar-refractivity contribution in [3.05, 3.63) is 62.9 Å². The Hall–Kier alpha value is -2.62. The van der Waals surface area contributed by atoms with E-state index in [9.17, 15) is 5.26 Å². The number of benzene rings is 1. The summed E-state index contributed by atoms with van der Waals surface area (Å²) >= 11 is 9.19. The number of nitrogens with zero attached hydrogens (tertiary/aromatic N) is 5. The van der Waals surface area contributed by atoms with Crippen molar-refractivity contribution in [3.8, 4) is 16.6 Å². The van der Waals surface area contributed by atoms with Crippen molar-refractivity contribution in [3.63, 3.8) is 0 Å². The van der Waals surface area contributed by atoms with Gasteiger partial charge in [0.05, 0.1) is 17.8 Å². The molecule has 1 aliphatic carbocycles. The highest BCUT2D eigenvalue weighted by atomic mass is 35.5. The van der Waals surface area contributed by atoms with Gasteiger partial charge in [-0.15, -0.1) is 11.3 Å². The molecule has 0 unspecified atom stereocenters. The average Bonchev–Trinajstić information content (AvgIpc) is 3.67. The number of nitriles is 1. The monoisotopic (exact) mass is 576 g/mol. The van der Waals surface area contributed by atoms with E-state index >= 15 is 0 Å². The molecule has 2 aliphatic rings. The summed E-state index contributed by atoms with van der Waals surface area (Å²) in [4.78, 5) is 16.2. The predicted octanol–water partition coefficient (Wildman–Crippen LogP) is 8.52. The maximum absolute atomic E-state index is 10.3. The number of hydrogen-bond donors (Lipinski definition) is 1. The summed E-state index contributed by atoms with van der Waals surface area (Å²) in [5.74, 6) is 1.48. The lowest BCUT2D eigenvalue weighted by Crippen LogP contribution is -2.22. The predicted molar refractivity (Wildman–Crippen MR) is 162 cm³/mol. The number of likely N-dealkylation sites (tertiary alicyclic amines) is 1. The smallest absolute Gasteiger partial charge is 0.232 e. The molecule has 0 spiro atoms. The molecule has 3 aromatic rings. The maximum Gasteiger partial charge on any atom is 0.232 e. The summed E-state index contributed by atoms with van der Waals surface area (Å²) < 4.78 is 0. The van der Waals surface area contributed by atoms with Crippen molar-refractivity contribution in [1.29, 1.82) is 5.26 Å². The summed E-state index contributed by atoms with van der Waals surface area (Å²) in [5, 5.41) is 18.2. The van der Waals surface area contributed by atoms with Crippen LogP contribution < -0.4 is 5.32 Å². The van der Waals surface area contributed by atoms with E-state index in [1.807, 2.05) is 24.3 Å². The number of aromatic nitrogens is 2. The van der Waals surface area contributed by atoms with Gasteiger partial charge in [0, 0.05) is 28.3 Å². The van der Waals surface area contributed by atoms with Gasteiger partial charge in [0.15, 0.2) is 0 Å². The van der Waals surface area contributed by atoms with E-state index in [4.69, 9.17) is 28.1 Å². The number of thioether (sulfide) groups is 1. The fourth-order valence-corrected chi connectivity index (χ4v) is 7.51. The number of halogens is 1. The normalized spacial score (nSPS) is 16.2. The minimum absolute atomic E-state index is 0.237. The van der Waals surface area contributed by atoms with Crippen molar-refractivity contribution in [2.75, 3.05) is 31.5 Å². The zero-order chi connectivity index (χ0) is 27.0. The van der Waals surface area contributed by atoms with Crippen LogP contribution in [0.1, 0.15) is 74.1 Å². The van der Waals surface area contributed by atoms with Gasteiger partial charge in [0.25, 0.3) is 0 Å². The second-order valence-electron chi connectivity index (χ2n) is 10.2. The van der Waals surface area contributed by atoms with E-state index < -0.39 is 0 Å². The first-order chi connectivity index (χ1) is 19.2. The lowest BCUT2D eigenvalue weighted by Gasteiger charge is -2.26. The molecular weight excluding hydrogens is 544 g/mol. The fraction of sp³-hybridized carbons (Fsp3) is 0.467. The molecule has 202 valence electrons. The molecule has 3 heterocycles. The zero-order valence-corrected chi connectivity index (χ0v) is 24.5. The molecule has 1 N–H and O–H groups in total. The highest BCUT2D eigenvalue weighted by Gasteiger charge is 2.28. The Balaban J connectivity index is 1.38. The summed E-state index contributed by atoms with van der Waals surface area (Å²) in [7, 11) is 0. The number of anilines is 1. The maximum atomic E-state index is 10.3. The van der Waals surface area contributed by atoms with Gasteiger partial charge >= 0.3 is 0 Å². The molecule has 0 radical (unpaired) electrons. The van der Waals surface area contributed by atoms with Gasteiger partial charge in [0.2, 0.25) is 5.69 Å². The van der Waals surface area contributed by atoms with Crippen LogP contribution in [0.5, 0.6) is 0 Å². The molecule has 1 aliphatic heterocycles. The highest BCUT2D eigenvalue weighted by Crippen LogP contribution is 2.45. The Kier molecular flexibility index (Phi) is 9.76. The van der Waals surface area contributed by atoms with E-state index in [-0.39, 0.29) is 5.92 Å². The molecular formula is C30H33ClN6S2. The standard InChI is InChI=1S/C30H33ClN6S2/c1-33-27-26(21-8-3-2-4-9-21)25(18-32)30(36-28(27)34-14-7-17-37-15-5-6-16-37)39-20-24-19-38-29(35-24)22-10-12-23(31)13-11-22/h10-13,19,21H,2-9,14-17,20H2,(H,34,36). The molecule has 6 nitrogen and oxygen atoms in total. The number of hydrogen-bond acceptors (Lipinski definition) is 7. The third-order valence-corrected chi connectivity index (χ3v) is 9.76. The van der Waals surface area contributed by atoms with Gasteiger partial charge < -0.3 is 10.2 Å². The van der Waals surface area contributed by atoms with Gasteiger partial charge in [-0.2, -0.15) is 5.26 Å². The molecule has 1 saturated carbocycles. The van der Waals surface area contributed by atoms with Crippen LogP contribution in [0.2, 0.25) is 5.02 Å². The first-order valence-corrected chi connectivity index (χ1v) is 16.1. The highest BCUT2D eigenvalue weighted by molar-refractivity contribution is 7.98. The molecule has 0 bridgehead atoms. The SMILES string of the molecule is [C-]#[N+]c1c(NCCCN2CCCC2)nc(SCc2csc(-c3ccc(Cl)cc3)n2)c(C#N)c1C1CCCCC1. The van der Waals surface area contributed by atoms with Crippen molar-refractivity contribution >= 4 is 46.2 Å². The molecule has 0 atom stereocenters. The summed E-state index contributed by atoms with van der Waals surface area (Å²) in [6, 6.07) is 10.2. The zero-order valence-electron chi connectivity index (χ0n) is 22.1. The van der Waals surface area contributed by atoms with Crippen LogP contribution in [-0.2, 0) is 5.75 Å². The van der Waals surface area contributed by atoms with Crippen molar-refractivity contribution < 1.29 is 0 Å². The van der Waals surface area contributed by atoms with Crippen LogP contribution in [-0.4, -0.2) is 41.0 Å². The van der Waals surface area contributed by atoms with Gasteiger partial charge in [-0.1, -0.05) is 54.8 Å². The summed E-state index contributed by atoms with van der Waals surface area (Å²) in [6.45, 7) is 12.2. The van der Waals surface area contributed by atoms with Crippen LogP contribution in [0.25, 0.3) is 15.4 Å². The van der Waals surface area contributed by atoms with Crippen LogP contribution >= 0.6 is 34.7 Å². The first kappa shape index (κ1) is 27.9. The Morgan fingerprint density at radius 2 is 1.90 bits per heavy atom. The molecule has 39 heavy (non-hydrogen) atoms. The summed E-state index contributed by atoms with van der Waals surface area (Å²) in [5.41, 5.74) is 4.02. The topological polar surface area (TPSA) is 69.2 Å². The Morgan fingerprint density at radius 3 is 2.62 bits per heavy atom. The lowest BCUT2D eigenvalue weighted by molar-refractivity contribution is 0.337. The van der Waals surface area contributed by atoms with Gasteiger partial charge in [0.1, 0.15) is 21.9 Å². The second-order valence-corrected chi connectivity index (χ2v) is 12.5. The Labute approximate surface area is 244 Å². The van der Waals surface area contributed by atoms with Crippen molar-refractivity contribution in [2.24, 2.45) is 0 Å².